The molecule has 1 N–H and O–H groups in total. The SMILES string of the molecule is CCSC1CCCC1Nc1cc(C#N)ccn1. The molecule has 1 fully saturated rings. The number of nitrogens with zero attached hydrogens (tertiary/aromatic N) is 2. The fraction of sp³-hybridized carbons (Fsp3) is 0.538. The van der Waals surface area contributed by atoms with E-state index in [-0.39, 0.29) is 0 Å². The van der Waals surface area contributed by atoms with E-state index in [0.29, 0.717) is 16.9 Å². The number of nitrogens with one attached hydrogen (secondary N) is 1. The molecule has 1 aliphatic carbocycles. The van der Waals surface area contributed by atoms with Crippen LogP contribution < -0.4 is 5.32 Å². The van der Waals surface area contributed by atoms with Crippen molar-refractivity contribution >= 4 is 17.6 Å². The minimum absolute atomic E-state index is 0.501. The summed E-state index contributed by atoms with van der Waals surface area (Å²) >= 11 is 2.02. The van der Waals surface area contributed by atoms with Gasteiger partial charge in [0, 0.05) is 17.5 Å². The molecule has 90 valence electrons. The highest BCUT2D eigenvalue weighted by Gasteiger charge is 2.27. The van der Waals surface area contributed by atoms with Crippen LogP contribution >= 0.6 is 11.8 Å². The highest BCUT2D eigenvalue weighted by atomic mass is 32.2. The molecule has 2 unspecified atom stereocenters. The average molecular weight is 247 g/mol. The molecule has 1 aromatic rings. The summed E-state index contributed by atoms with van der Waals surface area (Å²) in [6, 6.07) is 6.20. The van der Waals surface area contributed by atoms with E-state index in [1.165, 1.54) is 19.3 Å². The molecule has 0 saturated heterocycles. The lowest BCUT2D eigenvalue weighted by atomic mass is 10.2. The highest BCUT2D eigenvalue weighted by Crippen LogP contribution is 2.31. The smallest absolute Gasteiger partial charge is 0.127 e. The maximum absolute atomic E-state index is 8.85. The lowest BCUT2D eigenvalue weighted by Crippen LogP contribution is -2.26. The molecule has 1 saturated carbocycles. The molecule has 2 atom stereocenters. The van der Waals surface area contributed by atoms with Crippen LogP contribution in [-0.2, 0) is 0 Å². The maximum atomic E-state index is 8.85. The van der Waals surface area contributed by atoms with Gasteiger partial charge in [0.25, 0.3) is 0 Å². The first-order valence-electron chi connectivity index (χ1n) is 6.07. The highest BCUT2D eigenvalue weighted by molar-refractivity contribution is 7.99. The predicted octanol–water partition coefficient (Wildman–Crippen LogP) is 3.04. The molecule has 0 amide bonds. The molecule has 4 heteroatoms. The van der Waals surface area contributed by atoms with Crippen molar-refractivity contribution in [3.63, 3.8) is 0 Å². The first-order chi connectivity index (χ1) is 8.33. The normalized spacial score (nSPS) is 23.3. The quantitative estimate of drug-likeness (QED) is 0.888. The molecule has 17 heavy (non-hydrogen) atoms. The predicted molar refractivity (Wildman–Crippen MR) is 72.1 cm³/mol. The van der Waals surface area contributed by atoms with Crippen molar-refractivity contribution in [2.24, 2.45) is 0 Å². The van der Waals surface area contributed by atoms with Crippen LogP contribution in [0.5, 0.6) is 0 Å². The van der Waals surface area contributed by atoms with Gasteiger partial charge in [0.1, 0.15) is 5.82 Å². The van der Waals surface area contributed by atoms with Crippen LogP contribution in [0.3, 0.4) is 0 Å². The van der Waals surface area contributed by atoms with Crippen molar-refractivity contribution in [1.82, 2.24) is 4.98 Å². The third-order valence-electron chi connectivity index (χ3n) is 3.06. The second-order valence-corrected chi connectivity index (χ2v) is 5.73. The van der Waals surface area contributed by atoms with Gasteiger partial charge in [0.2, 0.25) is 0 Å². The average Bonchev–Trinajstić information content (AvgIpc) is 2.78. The molecule has 0 radical (unpaired) electrons. The van der Waals surface area contributed by atoms with Crippen LogP contribution in [-0.4, -0.2) is 22.0 Å². The number of hydrogen-bond acceptors (Lipinski definition) is 4. The van der Waals surface area contributed by atoms with Crippen LogP contribution in [0.25, 0.3) is 0 Å². The summed E-state index contributed by atoms with van der Waals surface area (Å²) in [6.07, 6.45) is 5.47. The van der Waals surface area contributed by atoms with Gasteiger partial charge in [0.05, 0.1) is 11.6 Å². The number of anilines is 1. The standard InChI is InChI=1S/C13H17N3S/c1-2-17-12-5-3-4-11(12)16-13-8-10(9-14)6-7-15-13/h6-8,11-12H,2-5H2,1H3,(H,15,16). The summed E-state index contributed by atoms with van der Waals surface area (Å²) in [5, 5.41) is 13.0. The summed E-state index contributed by atoms with van der Waals surface area (Å²) in [5.41, 5.74) is 0.667. The first kappa shape index (κ1) is 12.3. The van der Waals surface area contributed by atoms with Crippen LogP contribution in [0.2, 0.25) is 0 Å². The Hall–Kier alpha value is -1.21. The zero-order valence-electron chi connectivity index (χ0n) is 10.0. The summed E-state index contributed by atoms with van der Waals surface area (Å²) < 4.78 is 0. The van der Waals surface area contributed by atoms with E-state index in [1.54, 1.807) is 12.3 Å². The fourth-order valence-corrected chi connectivity index (χ4v) is 3.47. The van der Waals surface area contributed by atoms with Crippen LogP contribution in [0.1, 0.15) is 31.7 Å². The Labute approximate surface area is 107 Å². The van der Waals surface area contributed by atoms with Crippen molar-refractivity contribution in [3.05, 3.63) is 23.9 Å². The van der Waals surface area contributed by atoms with Gasteiger partial charge < -0.3 is 5.32 Å². The van der Waals surface area contributed by atoms with Gasteiger partial charge in [-0.2, -0.15) is 17.0 Å². The number of thioether (sulfide) groups is 1. The number of aromatic nitrogens is 1. The van der Waals surface area contributed by atoms with E-state index in [0.717, 1.165) is 11.6 Å². The van der Waals surface area contributed by atoms with E-state index >= 15 is 0 Å². The van der Waals surface area contributed by atoms with Gasteiger partial charge in [-0.25, -0.2) is 4.98 Å². The summed E-state index contributed by atoms with van der Waals surface area (Å²) in [4.78, 5) is 4.27. The Morgan fingerprint density at radius 2 is 2.47 bits per heavy atom. The van der Waals surface area contributed by atoms with Crippen molar-refractivity contribution < 1.29 is 0 Å². The second-order valence-electron chi connectivity index (χ2n) is 4.22. The zero-order chi connectivity index (χ0) is 12.1. The minimum Gasteiger partial charge on any atom is -0.366 e. The topological polar surface area (TPSA) is 48.7 Å². The Morgan fingerprint density at radius 3 is 3.24 bits per heavy atom. The number of nitriles is 1. The molecule has 0 aliphatic heterocycles. The first-order valence-corrected chi connectivity index (χ1v) is 7.12. The number of rotatable bonds is 4. The molecule has 2 rings (SSSR count). The summed E-state index contributed by atoms with van der Waals surface area (Å²) in [6.45, 7) is 2.20. The third-order valence-corrected chi connectivity index (χ3v) is 4.38. The lowest BCUT2D eigenvalue weighted by molar-refractivity contribution is 0.762. The minimum atomic E-state index is 0.501. The van der Waals surface area contributed by atoms with Crippen LogP contribution in [0, 0.1) is 11.3 Å². The van der Waals surface area contributed by atoms with Crippen molar-refractivity contribution in [3.8, 4) is 6.07 Å². The van der Waals surface area contributed by atoms with Crippen LogP contribution in [0.15, 0.2) is 18.3 Å². The van der Waals surface area contributed by atoms with E-state index in [9.17, 15) is 0 Å². The largest absolute Gasteiger partial charge is 0.366 e. The molecular weight excluding hydrogens is 230 g/mol. The zero-order valence-corrected chi connectivity index (χ0v) is 10.8. The van der Waals surface area contributed by atoms with Gasteiger partial charge in [0.15, 0.2) is 0 Å². The van der Waals surface area contributed by atoms with E-state index in [4.69, 9.17) is 5.26 Å². The van der Waals surface area contributed by atoms with Gasteiger partial charge in [-0.1, -0.05) is 13.3 Å². The molecular formula is C13H17N3S. The molecule has 0 spiro atoms. The summed E-state index contributed by atoms with van der Waals surface area (Å²) in [5.74, 6) is 1.99. The Kier molecular flexibility index (Phi) is 4.27. The molecule has 1 heterocycles. The number of hydrogen-bond donors (Lipinski definition) is 1. The molecule has 0 aromatic carbocycles. The Balaban J connectivity index is 2.02. The van der Waals surface area contributed by atoms with E-state index in [1.807, 2.05) is 17.8 Å². The van der Waals surface area contributed by atoms with Gasteiger partial charge in [-0.15, -0.1) is 0 Å². The third kappa shape index (κ3) is 3.13. The Bertz CT molecular complexity index is 413. The van der Waals surface area contributed by atoms with Crippen LogP contribution in [0.4, 0.5) is 5.82 Å². The van der Waals surface area contributed by atoms with E-state index < -0.39 is 0 Å². The molecule has 0 bridgehead atoms. The van der Waals surface area contributed by atoms with E-state index in [2.05, 4.69) is 23.3 Å². The molecule has 3 nitrogen and oxygen atoms in total. The van der Waals surface area contributed by atoms with Crippen molar-refractivity contribution in [2.45, 2.75) is 37.5 Å². The fourth-order valence-electron chi connectivity index (χ4n) is 2.27. The monoisotopic (exact) mass is 247 g/mol. The molecule has 1 aromatic heterocycles. The van der Waals surface area contributed by atoms with Gasteiger partial charge in [-0.3, -0.25) is 0 Å². The number of pyridine rings is 1. The van der Waals surface area contributed by atoms with Crippen molar-refractivity contribution in [1.29, 1.82) is 5.26 Å². The van der Waals surface area contributed by atoms with Gasteiger partial charge >= 0.3 is 0 Å². The second kappa shape index (κ2) is 5.92. The maximum Gasteiger partial charge on any atom is 0.127 e. The Morgan fingerprint density at radius 1 is 1.59 bits per heavy atom. The lowest BCUT2D eigenvalue weighted by Gasteiger charge is -2.20. The van der Waals surface area contributed by atoms with Gasteiger partial charge in [-0.05, 0) is 30.7 Å². The molecule has 1 aliphatic rings. The van der Waals surface area contributed by atoms with Crippen molar-refractivity contribution in [2.75, 3.05) is 11.1 Å². The summed E-state index contributed by atoms with van der Waals surface area (Å²) in [7, 11) is 0.